The number of phenolic OH excluding ortho intramolecular Hbond substituents is 1. The summed E-state index contributed by atoms with van der Waals surface area (Å²) < 4.78 is 10.7. The number of esters is 1. The molecule has 0 saturated carbocycles. The van der Waals surface area contributed by atoms with Gasteiger partial charge in [-0.25, -0.2) is 4.79 Å². The summed E-state index contributed by atoms with van der Waals surface area (Å²) in [5, 5.41) is 9.82. The van der Waals surface area contributed by atoms with Crippen LogP contribution in [0.1, 0.15) is 42.1 Å². The zero-order chi connectivity index (χ0) is 18.4. The Morgan fingerprint density at radius 1 is 1.08 bits per heavy atom. The van der Waals surface area contributed by atoms with Crippen molar-refractivity contribution in [2.45, 2.75) is 26.2 Å². The van der Waals surface area contributed by atoms with E-state index in [-0.39, 0.29) is 35.0 Å². The summed E-state index contributed by atoms with van der Waals surface area (Å²) in [6.07, 6.45) is 0.489. The monoisotopic (exact) mass is 382 g/mol. The van der Waals surface area contributed by atoms with Gasteiger partial charge in [0.1, 0.15) is 5.75 Å². The molecule has 134 valence electrons. The van der Waals surface area contributed by atoms with Gasteiger partial charge in [0.2, 0.25) is 0 Å². The quantitative estimate of drug-likeness (QED) is 0.510. The molecule has 0 bridgehead atoms. The van der Waals surface area contributed by atoms with Gasteiger partial charge in [0, 0.05) is 18.6 Å². The van der Waals surface area contributed by atoms with Gasteiger partial charge < -0.3 is 14.6 Å². The number of carbonyl (C=O) groups excluding carboxylic acids is 1. The van der Waals surface area contributed by atoms with E-state index in [4.69, 9.17) is 32.7 Å². The zero-order valence-corrected chi connectivity index (χ0v) is 15.6. The van der Waals surface area contributed by atoms with E-state index >= 15 is 0 Å². The maximum atomic E-state index is 12.0. The minimum Gasteiger partial charge on any atom is -0.508 e. The van der Waals surface area contributed by atoms with Crippen molar-refractivity contribution in [1.29, 1.82) is 0 Å². The van der Waals surface area contributed by atoms with Crippen molar-refractivity contribution in [1.82, 2.24) is 0 Å². The average Bonchev–Trinajstić information content (AvgIpc) is 2.56. The molecule has 0 unspecified atom stereocenters. The highest BCUT2D eigenvalue weighted by molar-refractivity contribution is 6.37. The highest BCUT2D eigenvalue weighted by atomic mass is 35.5. The largest absolute Gasteiger partial charge is 0.508 e. The van der Waals surface area contributed by atoms with Crippen LogP contribution in [0.25, 0.3) is 0 Å². The average molecular weight is 383 g/mol. The molecular weight excluding hydrogens is 363 g/mol. The highest BCUT2D eigenvalue weighted by Crippen LogP contribution is 2.36. The molecule has 0 heterocycles. The van der Waals surface area contributed by atoms with E-state index in [1.165, 1.54) is 17.7 Å². The van der Waals surface area contributed by atoms with Crippen molar-refractivity contribution in [3.8, 4) is 11.5 Å². The summed E-state index contributed by atoms with van der Waals surface area (Å²) in [6, 6.07) is 10.1. The SMILES string of the molecule is CC(C)c1ccc(C(=O)OCCCOc2c(Cl)cc(O)cc2Cl)cc1. The van der Waals surface area contributed by atoms with Crippen molar-refractivity contribution in [2.24, 2.45) is 0 Å². The molecule has 0 aliphatic carbocycles. The van der Waals surface area contributed by atoms with Gasteiger partial charge in [-0.05, 0) is 23.6 Å². The Hall–Kier alpha value is -1.91. The van der Waals surface area contributed by atoms with Crippen LogP contribution in [0, 0.1) is 0 Å². The summed E-state index contributed by atoms with van der Waals surface area (Å²) in [5.41, 5.74) is 1.70. The smallest absolute Gasteiger partial charge is 0.338 e. The minimum atomic E-state index is -0.365. The van der Waals surface area contributed by atoms with Gasteiger partial charge in [0.15, 0.2) is 5.75 Å². The number of benzene rings is 2. The van der Waals surface area contributed by atoms with Gasteiger partial charge in [0.25, 0.3) is 0 Å². The van der Waals surface area contributed by atoms with Crippen molar-refractivity contribution >= 4 is 29.2 Å². The third-order valence-electron chi connectivity index (χ3n) is 3.56. The molecule has 2 aromatic carbocycles. The first kappa shape index (κ1) is 19.4. The third kappa shape index (κ3) is 5.55. The molecule has 0 spiro atoms. The molecule has 0 aliphatic heterocycles. The van der Waals surface area contributed by atoms with Gasteiger partial charge in [-0.2, -0.15) is 0 Å². The van der Waals surface area contributed by atoms with Crippen molar-refractivity contribution in [3.63, 3.8) is 0 Å². The van der Waals surface area contributed by atoms with Crippen LogP contribution in [0.4, 0.5) is 0 Å². The van der Waals surface area contributed by atoms with Crippen LogP contribution in [-0.2, 0) is 4.74 Å². The van der Waals surface area contributed by atoms with E-state index in [2.05, 4.69) is 13.8 Å². The van der Waals surface area contributed by atoms with Crippen molar-refractivity contribution in [2.75, 3.05) is 13.2 Å². The topological polar surface area (TPSA) is 55.8 Å². The van der Waals surface area contributed by atoms with Crippen LogP contribution in [-0.4, -0.2) is 24.3 Å². The standard InChI is InChI=1S/C19H20Cl2O4/c1-12(2)13-4-6-14(7-5-13)19(23)25-9-3-8-24-18-16(20)10-15(22)11-17(18)21/h4-7,10-12,22H,3,8-9H2,1-2H3. The number of rotatable bonds is 7. The fourth-order valence-electron chi connectivity index (χ4n) is 2.17. The van der Waals surface area contributed by atoms with Crippen LogP contribution in [0.5, 0.6) is 11.5 Å². The molecule has 1 N–H and O–H groups in total. The second-order valence-electron chi connectivity index (χ2n) is 5.85. The van der Waals surface area contributed by atoms with Crippen LogP contribution >= 0.6 is 23.2 Å². The first-order valence-corrected chi connectivity index (χ1v) is 8.72. The summed E-state index contributed by atoms with van der Waals surface area (Å²) in [4.78, 5) is 12.0. The highest BCUT2D eigenvalue weighted by Gasteiger charge is 2.10. The molecule has 6 heteroatoms. The van der Waals surface area contributed by atoms with Crippen LogP contribution in [0.15, 0.2) is 36.4 Å². The Morgan fingerprint density at radius 3 is 2.24 bits per heavy atom. The molecule has 0 radical (unpaired) electrons. The van der Waals surface area contributed by atoms with E-state index in [0.29, 0.717) is 23.7 Å². The molecule has 0 fully saturated rings. The van der Waals surface area contributed by atoms with Gasteiger partial charge in [0.05, 0.1) is 28.8 Å². The molecule has 0 atom stereocenters. The fourth-order valence-corrected chi connectivity index (χ4v) is 2.75. The van der Waals surface area contributed by atoms with Crippen LogP contribution < -0.4 is 4.74 Å². The zero-order valence-electron chi connectivity index (χ0n) is 14.1. The first-order valence-electron chi connectivity index (χ1n) is 7.96. The Bertz CT molecular complexity index is 704. The summed E-state index contributed by atoms with van der Waals surface area (Å²) in [5.74, 6) is 0.327. The summed E-state index contributed by atoms with van der Waals surface area (Å²) >= 11 is 11.9. The molecule has 0 saturated heterocycles. The predicted molar refractivity (Wildman–Crippen MR) is 99.1 cm³/mol. The molecule has 2 aromatic rings. The number of hydrogen-bond acceptors (Lipinski definition) is 4. The molecule has 25 heavy (non-hydrogen) atoms. The minimum absolute atomic E-state index is 0.0280. The number of hydrogen-bond donors (Lipinski definition) is 1. The van der Waals surface area contributed by atoms with E-state index < -0.39 is 0 Å². The number of carbonyl (C=O) groups is 1. The van der Waals surface area contributed by atoms with E-state index in [1.54, 1.807) is 12.1 Å². The third-order valence-corrected chi connectivity index (χ3v) is 4.13. The lowest BCUT2D eigenvalue weighted by molar-refractivity contribution is 0.0486. The van der Waals surface area contributed by atoms with Crippen LogP contribution in [0.3, 0.4) is 0 Å². The van der Waals surface area contributed by atoms with Crippen molar-refractivity contribution < 1.29 is 19.4 Å². The Morgan fingerprint density at radius 2 is 1.68 bits per heavy atom. The lowest BCUT2D eigenvalue weighted by Gasteiger charge is -2.11. The Labute approximate surface area is 157 Å². The van der Waals surface area contributed by atoms with Gasteiger partial charge in [-0.15, -0.1) is 0 Å². The number of ether oxygens (including phenoxy) is 2. The van der Waals surface area contributed by atoms with Crippen LogP contribution in [0.2, 0.25) is 10.0 Å². The van der Waals surface area contributed by atoms with Crippen molar-refractivity contribution in [3.05, 3.63) is 57.6 Å². The first-order chi connectivity index (χ1) is 11.9. The molecule has 2 rings (SSSR count). The molecule has 4 nitrogen and oxygen atoms in total. The lowest BCUT2D eigenvalue weighted by Crippen LogP contribution is -2.09. The predicted octanol–water partition coefficient (Wildman–Crippen LogP) is 5.45. The van der Waals surface area contributed by atoms with E-state index in [0.717, 1.165) is 0 Å². The van der Waals surface area contributed by atoms with E-state index in [9.17, 15) is 9.90 Å². The van der Waals surface area contributed by atoms with E-state index in [1.807, 2.05) is 12.1 Å². The molecular formula is C19H20Cl2O4. The van der Waals surface area contributed by atoms with Gasteiger partial charge in [-0.3, -0.25) is 0 Å². The Kier molecular flexibility index (Phi) is 6.97. The normalized spacial score (nSPS) is 10.8. The molecule has 0 amide bonds. The maximum absolute atomic E-state index is 12.0. The summed E-state index contributed by atoms with van der Waals surface area (Å²) in [7, 11) is 0. The number of phenols is 1. The lowest BCUT2D eigenvalue weighted by atomic mass is 10.0. The second-order valence-corrected chi connectivity index (χ2v) is 6.67. The maximum Gasteiger partial charge on any atom is 0.338 e. The Balaban J connectivity index is 1.77. The molecule has 0 aromatic heterocycles. The summed E-state index contributed by atoms with van der Waals surface area (Å²) in [6.45, 7) is 4.70. The van der Waals surface area contributed by atoms with Gasteiger partial charge >= 0.3 is 5.97 Å². The number of halogens is 2. The van der Waals surface area contributed by atoms with Gasteiger partial charge in [-0.1, -0.05) is 49.2 Å². The second kappa shape index (κ2) is 8.97. The molecule has 0 aliphatic rings. The number of aromatic hydroxyl groups is 1. The fraction of sp³-hybridized carbons (Fsp3) is 0.316.